The molecule has 1 aromatic carbocycles. The van der Waals surface area contributed by atoms with E-state index in [9.17, 15) is 12.8 Å². The van der Waals surface area contributed by atoms with E-state index in [1.165, 1.54) is 25.3 Å². The van der Waals surface area contributed by atoms with Crippen LogP contribution in [0.1, 0.15) is 51.0 Å². The topological polar surface area (TPSA) is 72.2 Å². The maximum atomic E-state index is 13.3. The molecule has 0 amide bonds. The molecule has 0 bridgehead atoms. The molecule has 4 nitrogen and oxygen atoms in total. The summed E-state index contributed by atoms with van der Waals surface area (Å²) < 4.78 is 40.1. The average molecular weight is 316 g/mol. The van der Waals surface area contributed by atoms with Gasteiger partial charge in [-0.1, -0.05) is 39.0 Å². The Morgan fingerprint density at radius 1 is 1.14 bits per heavy atom. The summed E-state index contributed by atoms with van der Waals surface area (Å²) in [6, 6.07) is 2.32. The summed E-state index contributed by atoms with van der Waals surface area (Å²) in [4.78, 5) is 0.0485. The number of anilines is 1. The standard InChI is InChI=1S/C15H25FN2O2S/c1-3-4-5-6-7-8-9-18-21(19,20)15-11-14(17)13(16)10-12(15)2/h10-11,18H,3-9,17H2,1-2H3. The van der Waals surface area contributed by atoms with Gasteiger partial charge in [-0.3, -0.25) is 0 Å². The van der Waals surface area contributed by atoms with Gasteiger partial charge >= 0.3 is 0 Å². The molecule has 0 aliphatic heterocycles. The van der Waals surface area contributed by atoms with Gasteiger partial charge in [0.2, 0.25) is 10.0 Å². The number of halogens is 1. The van der Waals surface area contributed by atoms with Gasteiger partial charge in [0, 0.05) is 6.54 Å². The Balaban J connectivity index is 2.53. The van der Waals surface area contributed by atoms with Crippen molar-refractivity contribution in [2.45, 2.75) is 57.3 Å². The van der Waals surface area contributed by atoms with Crippen molar-refractivity contribution in [1.29, 1.82) is 0 Å². The second kappa shape index (κ2) is 8.34. The summed E-state index contributed by atoms with van der Waals surface area (Å²) in [5.74, 6) is -0.595. The summed E-state index contributed by atoms with van der Waals surface area (Å²) in [5.41, 5.74) is 5.65. The lowest BCUT2D eigenvalue weighted by molar-refractivity contribution is 0.566. The first-order valence-corrected chi connectivity index (χ1v) is 8.92. The number of hydrogen-bond donors (Lipinski definition) is 2. The van der Waals surface area contributed by atoms with Crippen molar-refractivity contribution in [2.24, 2.45) is 0 Å². The van der Waals surface area contributed by atoms with Crippen molar-refractivity contribution < 1.29 is 12.8 Å². The fourth-order valence-electron chi connectivity index (χ4n) is 2.15. The lowest BCUT2D eigenvalue weighted by Crippen LogP contribution is -2.25. The molecular formula is C15H25FN2O2S. The van der Waals surface area contributed by atoms with Crippen molar-refractivity contribution in [1.82, 2.24) is 4.72 Å². The molecule has 0 aliphatic rings. The lowest BCUT2D eigenvalue weighted by atomic mass is 10.1. The quantitative estimate of drug-likeness (QED) is 0.542. The summed E-state index contributed by atoms with van der Waals surface area (Å²) in [6.07, 6.45) is 6.54. The summed E-state index contributed by atoms with van der Waals surface area (Å²) in [6.45, 7) is 4.11. The van der Waals surface area contributed by atoms with Gasteiger partial charge in [-0.15, -0.1) is 0 Å². The Morgan fingerprint density at radius 2 is 1.76 bits per heavy atom. The van der Waals surface area contributed by atoms with Crippen LogP contribution in [0.25, 0.3) is 0 Å². The Morgan fingerprint density at radius 3 is 2.43 bits per heavy atom. The molecule has 0 unspecified atom stereocenters. The molecule has 0 spiro atoms. The SMILES string of the molecule is CCCCCCCCNS(=O)(=O)c1cc(N)c(F)cc1C. The van der Waals surface area contributed by atoms with Gasteiger partial charge in [0.15, 0.2) is 0 Å². The minimum absolute atomic E-state index is 0.0485. The Bertz CT molecular complexity index is 559. The maximum Gasteiger partial charge on any atom is 0.240 e. The Hall–Kier alpha value is -1.14. The summed E-state index contributed by atoms with van der Waals surface area (Å²) in [7, 11) is -3.62. The molecule has 0 saturated heterocycles. The first kappa shape index (κ1) is 17.9. The van der Waals surface area contributed by atoms with E-state index in [1.807, 2.05) is 0 Å². The van der Waals surface area contributed by atoms with E-state index in [1.54, 1.807) is 6.92 Å². The van der Waals surface area contributed by atoms with Gasteiger partial charge in [-0.05, 0) is 31.0 Å². The lowest BCUT2D eigenvalue weighted by Gasteiger charge is -2.10. The van der Waals surface area contributed by atoms with E-state index in [2.05, 4.69) is 11.6 Å². The van der Waals surface area contributed by atoms with Gasteiger partial charge in [0.25, 0.3) is 0 Å². The van der Waals surface area contributed by atoms with Gasteiger partial charge in [-0.25, -0.2) is 17.5 Å². The molecule has 1 aromatic rings. The highest BCUT2D eigenvalue weighted by Crippen LogP contribution is 2.21. The van der Waals surface area contributed by atoms with E-state index in [4.69, 9.17) is 5.73 Å². The van der Waals surface area contributed by atoms with E-state index >= 15 is 0 Å². The third kappa shape index (κ3) is 5.63. The first-order valence-electron chi connectivity index (χ1n) is 7.43. The van der Waals surface area contributed by atoms with E-state index in [0.29, 0.717) is 12.1 Å². The second-order valence-electron chi connectivity index (χ2n) is 5.30. The number of hydrogen-bond acceptors (Lipinski definition) is 3. The molecule has 0 radical (unpaired) electrons. The van der Waals surface area contributed by atoms with Crippen LogP contribution in [0.3, 0.4) is 0 Å². The van der Waals surface area contributed by atoms with Crippen LogP contribution < -0.4 is 10.5 Å². The highest BCUT2D eigenvalue weighted by atomic mass is 32.2. The maximum absolute atomic E-state index is 13.3. The molecule has 21 heavy (non-hydrogen) atoms. The molecule has 0 fully saturated rings. The van der Waals surface area contributed by atoms with Crippen LogP contribution in [0, 0.1) is 12.7 Å². The van der Waals surface area contributed by atoms with Gasteiger partial charge < -0.3 is 5.73 Å². The zero-order valence-electron chi connectivity index (χ0n) is 12.8. The number of nitrogens with two attached hydrogens (primary N) is 1. The molecule has 0 heterocycles. The molecule has 1 rings (SSSR count). The van der Waals surface area contributed by atoms with Crippen LogP contribution in [0.15, 0.2) is 17.0 Å². The highest BCUT2D eigenvalue weighted by Gasteiger charge is 2.18. The minimum Gasteiger partial charge on any atom is -0.396 e. The minimum atomic E-state index is -3.62. The van der Waals surface area contributed by atoms with E-state index in [0.717, 1.165) is 25.3 Å². The normalized spacial score (nSPS) is 11.8. The van der Waals surface area contributed by atoms with Gasteiger partial charge in [0.1, 0.15) is 5.82 Å². The molecule has 3 N–H and O–H groups in total. The molecule has 0 saturated carbocycles. The zero-order chi connectivity index (χ0) is 15.9. The van der Waals surface area contributed by atoms with Crippen molar-refractivity contribution in [3.63, 3.8) is 0 Å². The zero-order valence-corrected chi connectivity index (χ0v) is 13.6. The van der Waals surface area contributed by atoms with Crippen molar-refractivity contribution >= 4 is 15.7 Å². The number of aryl methyl sites for hydroxylation is 1. The number of unbranched alkanes of at least 4 members (excludes halogenated alkanes) is 5. The van der Waals surface area contributed by atoms with Gasteiger partial charge in [-0.2, -0.15) is 0 Å². The monoisotopic (exact) mass is 316 g/mol. The Kier molecular flexibility index (Phi) is 7.11. The molecular weight excluding hydrogens is 291 g/mol. The fraction of sp³-hybridized carbons (Fsp3) is 0.600. The molecule has 0 aliphatic carbocycles. The third-order valence-electron chi connectivity index (χ3n) is 3.41. The van der Waals surface area contributed by atoms with Crippen LogP contribution in [-0.4, -0.2) is 15.0 Å². The molecule has 6 heteroatoms. The van der Waals surface area contributed by atoms with Crippen LogP contribution >= 0.6 is 0 Å². The van der Waals surface area contributed by atoms with Crippen LogP contribution in [0.5, 0.6) is 0 Å². The summed E-state index contributed by atoms with van der Waals surface area (Å²) >= 11 is 0. The largest absolute Gasteiger partial charge is 0.396 e. The molecule has 0 aromatic heterocycles. The van der Waals surface area contributed by atoms with Gasteiger partial charge in [0.05, 0.1) is 10.6 Å². The van der Waals surface area contributed by atoms with E-state index < -0.39 is 15.8 Å². The van der Waals surface area contributed by atoms with Crippen LogP contribution in [-0.2, 0) is 10.0 Å². The first-order chi connectivity index (χ1) is 9.88. The van der Waals surface area contributed by atoms with E-state index in [-0.39, 0.29) is 10.6 Å². The Labute approximate surface area is 127 Å². The fourth-order valence-corrected chi connectivity index (χ4v) is 3.48. The van der Waals surface area contributed by atoms with Crippen LogP contribution in [0.4, 0.5) is 10.1 Å². The second-order valence-corrected chi connectivity index (χ2v) is 7.04. The average Bonchev–Trinajstić information content (AvgIpc) is 2.41. The number of nitrogens with one attached hydrogen (secondary N) is 1. The third-order valence-corrected chi connectivity index (χ3v) is 5.01. The van der Waals surface area contributed by atoms with Crippen molar-refractivity contribution in [2.75, 3.05) is 12.3 Å². The highest BCUT2D eigenvalue weighted by molar-refractivity contribution is 7.89. The van der Waals surface area contributed by atoms with Crippen molar-refractivity contribution in [3.05, 3.63) is 23.5 Å². The summed E-state index contributed by atoms with van der Waals surface area (Å²) in [5, 5.41) is 0. The predicted molar refractivity (Wildman–Crippen MR) is 84.1 cm³/mol. The smallest absolute Gasteiger partial charge is 0.240 e. The predicted octanol–water partition coefficient (Wildman–Crippen LogP) is 3.36. The van der Waals surface area contributed by atoms with Crippen LogP contribution in [0.2, 0.25) is 0 Å². The number of benzene rings is 1. The number of sulfonamides is 1. The number of rotatable bonds is 9. The molecule has 120 valence electrons. The van der Waals surface area contributed by atoms with Crippen molar-refractivity contribution in [3.8, 4) is 0 Å². The molecule has 0 atom stereocenters. The number of nitrogen functional groups attached to an aromatic ring is 1.